The molecule has 162 valence electrons. The molecule has 0 spiro atoms. The number of thioether (sulfide) groups is 1. The van der Waals surface area contributed by atoms with E-state index in [1.807, 2.05) is 30.0 Å². The molecule has 0 radical (unpaired) electrons. The van der Waals surface area contributed by atoms with Crippen LogP contribution in [0.2, 0.25) is 0 Å². The number of benzene rings is 1. The highest BCUT2D eigenvalue weighted by Crippen LogP contribution is 2.28. The average molecular weight is 426 g/mol. The van der Waals surface area contributed by atoms with Crippen LogP contribution in [0.5, 0.6) is 11.5 Å². The SMILES string of the molecule is COc1cc(CNCCN2CCOC2=O)ccc1OC[C@@H](O)CN1CCSCC1. The number of nitrogens with one attached hydrogen (secondary N) is 1. The summed E-state index contributed by atoms with van der Waals surface area (Å²) in [6.07, 6.45) is -0.766. The number of β-amino-alcohol motifs (C(OH)–C–C–N with tert-alkyl or cyclic N) is 1. The first kappa shape index (κ1) is 22.0. The molecule has 2 aliphatic heterocycles. The predicted octanol–water partition coefficient (Wildman–Crippen LogP) is 1.03. The van der Waals surface area contributed by atoms with Gasteiger partial charge in [0.15, 0.2) is 11.5 Å². The zero-order chi connectivity index (χ0) is 20.5. The van der Waals surface area contributed by atoms with Gasteiger partial charge in [-0.2, -0.15) is 11.8 Å². The number of nitrogens with zero attached hydrogens (tertiary/aromatic N) is 2. The minimum Gasteiger partial charge on any atom is -0.493 e. The van der Waals surface area contributed by atoms with Crippen molar-refractivity contribution in [2.75, 3.05) is 71.1 Å². The number of amides is 1. The van der Waals surface area contributed by atoms with Gasteiger partial charge in [0.2, 0.25) is 0 Å². The number of rotatable bonds is 11. The maximum Gasteiger partial charge on any atom is 0.409 e. The second kappa shape index (κ2) is 11.5. The Labute approximate surface area is 176 Å². The number of hydrogen-bond acceptors (Lipinski definition) is 8. The van der Waals surface area contributed by atoms with Crippen molar-refractivity contribution in [3.8, 4) is 11.5 Å². The van der Waals surface area contributed by atoms with Gasteiger partial charge in [0, 0.05) is 50.8 Å². The molecule has 1 atom stereocenters. The lowest BCUT2D eigenvalue weighted by Gasteiger charge is -2.28. The van der Waals surface area contributed by atoms with Crippen LogP contribution in [0, 0.1) is 0 Å². The Kier molecular flexibility index (Phi) is 8.72. The van der Waals surface area contributed by atoms with Crippen molar-refractivity contribution >= 4 is 17.9 Å². The lowest BCUT2D eigenvalue weighted by Crippen LogP contribution is -2.40. The Morgan fingerprint density at radius 1 is 1.28 bits per heavy atom. The number of carbonyl (C=O) groups is 1. The Bertz CT molecular complexity index is 657. The van der Waals surface area contributed by atoms with Crippen LogP contribution in [0.1, 0.15) is 5.56 Å². The van der Waals surface area contributed by atoms with E-state index < -0.39 is 6.10 Å². The monoisotopic (exact) mass is 425 g/mol. The number of carbonyl (C=O) groups excluding carboxylic acids is 1. The lowest BCUT2D eigenvalue weighted by atomic mass is 10.2. The van der Waals surface area contributed by atoms with Gasteiger partial charge < -0.3 is 29.5 Å². The van der Waals surface area contributed by atoms with Gasteiger partial charge in [0.25, 0.3) is 0 Å². The van der Waals surface area contributed by atoms with E-state index in [4.69, 9.17) is 14.2 Å². The largest absolute Gasteiger partial charge is 0.493 e. The van der Waals surface area contributed by atoms with E-state index >= 15 is 0 Å². The molecule has 2 N–H and O–H groups in total. The first-order valence-corrected chi connectivity index (χ1v) is 11.2. The summed E-state index contributed by atoms with van der Waals surface area (Å²) >= 11 is 1.96. The second-order valence-corrected chi connectivity index (χ2v) is 8.37. The summed E-state index contributed by atoms with van der Waals surface area (Å²) in [6, 6.07) is 5.78. The van der Waals surface area contributed by atoms with Gasteiger partial charge in [-0.05, 0) is 17.7 Å². The third kappa shape index (κ3) is 6.95. The van der Waals surface area contributed by atoms with Crippen LogP contribution in [0.3, 0.4) is 0 Å². The van der Waals surface area contributed by atoms with Gasteiger partial charge in [-0.25, -0.2) is 4.79 Å². The van der Waals surface area contributed by atoms with Crippen LogP contribution in [0.15, 0.2) is 18.2 Å². The minimum atomic E-state index is -0.526. The molecule has 0 aliphatic carbocycles. The van der Waals surface area contributed by atoms with E-state index in [0.29, 0.717) is 50.8 Å². The highest BCUT2D eigenvalue weighted by molar-refractivity contribution is 7.99. The quantitative estimate of drug-likeness (QED) is 0.509. The number of aliphatic hydroxyl groups excluding tert-OH is 1. The van der Waals surface area contributed by atoms with Crippen molar-refractivity contribution in [3.63, 3.8) is 0 Å². The van der Waals surface area contributed by atoms with E-state index in [0.717, 1.165) is 30.2 Å². The summed E-state index contributed by atoms with van der Waals surface area (Å²) in [6.45, 7) is 6.03. The van der Waals surface area contributed by atoms with Crippen LogP contribution < -0.4 is 14.8 Å². The average Bonchev–Trinajstić information content (AvgIpc) is 3.15. The summed E-state index contributed by atoms with van der Waals surface area (Å²) in [5.74, 6) is 3.52. The normalized spacial score (nSPS) is 18.6. The zero-order valence-corrected chi connectivity index (χ0v) is 17.8. The topological polar surface area (TPSA) is 83.5 Å². The van der Waals surface area contributed by atoms with Gasteiger partial charge in [0.1, 0.15) is 19.3 Å². The summed E-state index contributed by atoms with van der Waals surface area (Å²) in [5, 5.41) is 13.6. The van der Waals surface area contributed by atoms with Crippen molar-refractivity contribution in [1.82, 2.24) is 15.1 Å². The number of ether oxygens (including phenoxy) is 3. The Hall–Kier alpha value is -1.68. The van der Waals surface area contributed by atoms with Crippen molar-refractivity contribution in [1.29, 1.82) is 0 Å². The molecule has 3 rings (SSSR count). The molecular formula is C20H31N3O5S. The molecule has 2 heterocycles. The van der Waals surface area contributed by atoms with Gasteiger partial charge in [0.05, 0.1) is 13.7 Å². The molecule has 8 nitrogen and oxygen atoms in total. The Morgan fingerprint density at radius 3 is 2.83 bits per heavy atom. The number of cyclic esters (lactones) is 1. The second-order valence-electron chi connectivity index (χ2n) is 7.14. The molecule has 1 aromatic carbocycles. The fourth-order valence-electron chi connectivity index (χ4n) is 3.34. The molecule has 1 amide bonds. The Balaban J connectivity index is 1.41. The van der Waals surface area contributed by atoms with Crippen molar-refractivity contribution in [3.05, 3.63) is 23.8 Å². The lowest BCUT2D eigenvalue weighted by molar-refractivity contribution is 0.0705. The molecule has 2 saturated heterocycles. The van der Waals surface area contributed by atoms with E-state index in [-0.39, 0.29) is 12.7 Å². The van der Waals surface area contributed by atoms with Crippen molar-refractivity contribution in [2.24, 2.45) is 0 Å². The van der Waals surface area contributed by atoms with Gasteiger partial charge in [-0.3, -0.25) is 4.90 Å². The third-order valence-corrected chi connectivity index (χ3v) is 5.91. The van der Waals surface area contributed by atoms with E-state index in [1.165, 1.54) is 0 Å². The molecule has 9 heteroatoms. The van der Waals surface area contributed by atoms with Crippen LogP contribution in [0.4, 0.5) is 4.79 Å². The molecule has 0 bridgehead atoms. The van der Waals surface area contributed by atoms with Crippen LogP contribution in [-0.4, -0.2) is 98.2 Å². The molecule has 2 fully saturated rings. The van der Waals surface area contributed by atoms with E-state index in [2.05, 4.69) is 10.2 Å². The summed E-state index contributed by atoms with van der Waals surface area (Å²) in [4.78, 5) is 15.4. The first-order valence-electron chi connectivity index (χ1n) is 10.1. The van der Waals surface area contributed by atoms with Gasteiger partial charge >= 0.3 is 6.09 Å². The maximum absolute atomic E-state index is 11.4. The predicted molar refractivity (Wildman–Crippen MR) is 113 cm³/mol. The standard InChI is InChI=1S/C20H31N3O5S/c1-26-19-12-16(13-21-4-5-23-6-9-27-20(23)25)2-3-18(19)28-15-17(24)14-22-7-10-29-11-8-22/h2-3,12,17,21,24H,4-11,13-15H2,1H3/t17-/m0/s1. The van der Waals surface area contributed by atoms with E-state index in [9.17, 15) is 9.90 Å². The van der Waals surface area contributed by atoms with Crippen molar-refractivity contribution in [2.45, 2.75) is 12.6 Å². The van der Waals surface area contributed by atoms with Crippen LogP contribution >= 0.6 is 11.8 Å². The third-order valence-electron chi connectivity index (χ3n) is 4.96. The molecule has 0 saturated carbocycles. The maximum atomic E-state index is 11.4. The smallest absolute Gasteiger partial charge is 0.409 e. The summed E-state index contributed by atoms with van der Waals surface area (Å²) < 4.78 is 16.2. The number of hydrogen-bond donors (Lipinski definition) is 2. The van der Waals surface area contributed by atoms with Gasteiger partial charge in [-0.15, -0.1) is 0 Å². The molecule has 1 aromatic rings. The van der Waals surface area contributed by atoms with Crippen LogP contribution in [0.25, 0.3) is 0 Å². The number of aliphatic hydroxyl groups is 1. The number of methoxy groups -OCH3 is 1. The minimum absolute atomic E-state index is 0.240. The van der Waals surface area contributed by atoms with Crippen molar-refractivity contribution < 1.29 is 24.1 Å². The molecule has 29 heavy (non-hydrogen) atoms. The first-order chi connectivity index (χ1) is 14.2. The Morgan fingerprint density at radius 2 is 2.10 bits per heavy atom. The highest BCUT2D eigenvalue weighted by Gasteiger charge is 2.20. The van der Waals surface area contributed by atoms with Gasteiger partial charge in [-0.1, -0.05) is 6.07 Å². The fourth-order valence-corrected chi connectivity index (χ4v) is 4.32. The fraction of sp³-hybridized carbons (Fsp3) is 0.650. The summed E-state index contributed by atoms with van der Waals surface area (Å²) in [7, 11) is 1.61. The molecule has 0 aromatic heterocycles. The van der Waals surface area contributed by atoms with E-state index in [1.54, 1.807) is 12.0 Å². The molecule has 0 unspecified atom stereocenters. The summed E-state index contributed by atoms with van der Waals surface area (Å²) in [5.41, 5.74) is 1.06. The molecular weight excluding hydrogens is 394 g/mol. The zero-order valence-electron chi connectivity index (χ0n) is 17.0. The molecule has 2 aliphatic rings. The highest BCUT2D eigenvalue weighted by atomic mass is 32.2. The van der Waals surface area contributed by atoms with Crippen LogP contribution in [-0.2, 0) is 11.3 Å².